The molecule has 1 aliphatic heterocycles. The van der Waals surface area contributed by atoms with Crippen molar-refractivity contribution in [1.82, 2.24) is 19.8 Å². The van der Waals surface area contributed by atoms with E-state index in [2.05, 4.69) is 10.4 Å². The minimum atomic E-state index is -1.12. The summed E-state index contributed by atoms with van der Waals surface area (Å²) < 4.78 is 47.9. The lowest BCUT2D eigenvalue weighted by molar-refractivity contribution is 0.209. The Morgan fingerprint density at radius 1 is 1.08 bits per heavy atom. The first-order valence-corrected chi connectivity index (χ1v) is 7.82. The quantitative estimate of drug-likeness (QED) is 0.669. The van der Waals surface area contributed by atoms with Gasteiger partial charge in [-0.15, -0.1) is 0 Å². The predicted octanol–water partition coefficient (Wildman–Crippen LogP) is 2.33. The van der Waals surface area contributed by atoms with Crippen molar-refractivity contribution in [3.63, 3.8) is 0 Å². The number of aromatic nitrogens is 4. The van der Waals surface area contributed by atoms with Crippen LogP contribution >= 0.6 is 0 Å². The molecule has 2 atom stereocenters. The fourth-order valence-electron chi connectivity index (χ4n) is 2.97. The molecule has 134 valence electrons. The van der Waals surface area contributed by atoms with Crippen LogP contribution in [0, 0.1) is 17.5 Å². The maximum atomic E-state index is 14.2. The fourth-order valence-corrected chi connectivity index (χ4v) is 2.97. The standard InChI is InChI=1S/C17H13F3N4O2/c1-10(17(9-26-17)14-7-4-12(19)8-15(14)20)23-16(25)24(22-21-23)13-5-2-11(18)3-6-13/h2-8,10H,9H2,1H3/t10-,17-/m1/s1. The molecule has 4 rings (SSSR count). The van der Waals surface area contributed by atoms with E-state index in [0.717, 1.165) is 21.5 Å². The molecule has 2 aromatic carbocycles. The van der Waals surface area contributed by atoms with Crippen LogP contribution in [0.5, 0.6) is 0 Å². The number of nitrogens with zero attached hydrogens (tertiary/aromatic N) is 4. The number of hydrogen-bond acceptors (Lipinski definition) is 4. The zero-order valence-electron chi connectivity index (χ0n) is 13.6. The molecule has 0 unspecified atom stereocenters. The first-order chi connectivity index (χ1) is 12.4. The van der Waals surface area contributed by atoms with Gasteiger partial charge < -0.3 is 4.74 Å². The number of tetrazole rings is 1. The molecule has 1 aromatic heterocycles. The summed E-state index contributed by atoms with van der Waals surface area (Å²) in [5.41, 5.74) is -1.21. The average molecular weight is 362 g/mol. The van der Waals surface area contributed by atoms with Crippen LogP contribution in [0.2, 0.25) is 0 Å². The van der Waals surface area contributed by atoms with Crippen molar-refractivity contribution in [2.75, 3.05) is 6.61 Å². The van der Waals surface area contributed by atoms with E-state index in [9.17, 15) is 18.0 Å². The van der Waals surface area contributed by atoms with Gasteiger partial charge in [0.25, 0.3) is 0 Å². The third-order valence-corrected chi connectivity index (χ3v) is 4.56. The summed E-state index contributed by atoms with van der Waals surface area (Å²) in [6.07, 6.45) is 0. The van der Waals surface area contributed by atoms with Gasteiger partial charge in [-0.05, 0) is 47.7 Å². The molecule has 9 heteroatoms. The highest BCUT2D eigenvalue weighted by atomic mass is 19.1. The SMILES string of the molecule is C[C@@H](n1nnn(-c2ccc(F)cc2)c1=O)[C@@]1(c2ccc(F)cc2F)CO1. The van der Waals surface area contributed by atoms with Gasteiger partial charge >= 0.3 is 5.69 Å². The van der Waals surface area contributed by atoms with Gasteiger partial charge in [-0.25, -0.2) is 18.0 Å². The molecule has 0 aliphatic carbocycles. The molecule has 6 nitrogen and oxygen atoms in total. The van der Waals surface area contributed by atoms with Crippen LogP contribution in [0.4, 0.5) is 13.2 Å². The normalized spacial score (nSPS) is 20.2. The summed E-state index contributed by atoms with van der Waals surface area (Å²) in [5, 5.41) is 7.63. The number of ether oxygens (including phenoxy) is 1. The van der Waals surface area contributed by atoms with Gasteiger partial charge in [-0.3, -0.25) is 0 Å². The molecule has 2 heterocycles. The Kier molecular flexibility index (Phi) is 3.69. The molecule has 0 spiro atoms. The second kappa shape index (κ2) is 5.80. The monoisotopic (exact) mass is 362 g/mol. The van der Waals surface area contributed by atoms with Crippen LogP contribution < -0.4 is 5.69 Å². The molecule has 1 saturated heterocycles. The zero-order chi connectivity index (χ0) is 18.5. The number of hydrogen-bond donors (Lipinski definition) is 0. The third-order valence-electron chi connectivity index (χ3n) is 4.56. The molecule has 3 aromatic rings. The Morgan fingerprint density at radius 2 is 1.73 bits per heavy atom. The van der Waals surface area contributed by atoms with Crippen LogP contribution in [0.1, 0.15) is 18.5 Å². The van der Waals surface area contributed by atoms with E-state index >= 15 is 0 Å². The van der Waals surface area contributed by atoms with Crippen molar-refractivity contribution in [3.05, 3.63) is 76.0 Å². The number of epoxide rings is 1. The van der Waals surface area contributed by atoms with Crippen LogP contribution in [-0.2, 0) is 10.3 Å². The van der Waals surface area contributed by atoms with E-state index in [1.807, 2.05) is 0 Å². The summed E-state index contributed by atoms with van der Waals surface area (Å²) in [5.74, 6) is -1.90. The lowest BCUT2D eigenvalue weighted by Gasteiger charge is -2.20. The lowest BCUT2D eigenvalue weighted by Crippen LogP contribution is -2.34. The Hall–Kier alpha value is -2.94. The topological polar surface area (TPSA) is 65.2 Å². The summed E-state index contributed by atoms with van der Waals surface area (Å²) in [6.45, 7) is 1.80. The van der Waals surface area contributed by atoms with E-state index in [-0.39, 0.29) is 12.2 Å². The molecule has 1 aliphatic rings. The molecular formula is C17H13F3N4O2. The second-order valence-corrected chi connectivity index (χ2v) is 6.07. The minimum absolute atomic E-state index is 0.148. The maximum Gasteiger partial charge on any atom is 0.368 e. The first kappa shape index (κ1) is 16.5. The van der Waals surface area contributed by atoms with Crippen molar-refractivity contribution in [3.8, 4) is 5.69 Å². The van der Waals surface area contributed by atoms with Crippen molar-refractivity contribution in [2.45, 2.75) is 18.6 Å². The van der Waals surface area contributed by atoms with Gasteiger partial charge in [-0.1, -0.05) is 6.07 Å². The van der Waals surface area contributed by atoms with E-state index < -0.39 is 34.8 Å². The van der Waals surface area contributed by atoms with Crippen molar-refractivity contribution >= 4 is 0 Å². The largest absolute Gasteiger partial charge is 0.368 e. The van der Waals surface area contributed by atoms with Gasteiger partial charge in [0.05, 0.1) is 18.3 Å². The van der Waals surface area contributed by atoms with E-state index in [1.54, 1.807) is 6.92 Å². The Bertz CT molecular complexity index is 1030. The van der Waals surface area contributed by atoms with Gasteiger partial charge in [0.1, 0.15) is 23.1 Å². The first-order valence-electron chi connectivity index (χ1n) is 7.82. The van der Waals surface area contributed by atoms with Crippen LogP contribution in [-0.4, -0.2) is 26.4 Å². The molecule has 0 bridgehead atoms. The zero-order valence-corrected chi connectivity index (χ0v) is 13.6. The molecule has 0 amide bonds. The maximum absolute atomic E-state index is 14.2. The highest BCUT2D eigenvalue weighted by molar-refractivity contribution is 5.31. The smallest absolute Gasteiger partial charge is 0.362 e. The van der Waals surface area contributed by atoms with Crippen molar-refractivity contribution < 1.29 is 17.9 Å². The summed E-state index contributed by atoms with van der Waals surface area (Å²) in [6, 6.07) is 7.68. The number of benzene rings is 2. The fraction of sp³-hybridized carbons (Fsp3) is 0.235. The van der Waals surface area contributed by atoms with Gasteiger partial charge in [0, 0.05) is 11.6 Å². The Balaban J connectivity index is 1.72. The molecule has 0 N–H and O–H groups in total. The van der Waals surface area contributed by atoms with E-state index in [1.165, 1.54) is 30.3 Å². The predicted molar refractivity (Wildman–Crippen MR) is 84.3 cm³/mol. The molecular weight excluding hydrogens is 349 g/mol. The number of rotatable bonds is 4. The summed E-state index contributed by atoms with van der Waals surface area (Å²) >= 11 is 0. The lowest BCUT2D eigenvalue weighted by atomic mass is 9.92. The van der Waals surface area contributed by atoms with Crippen LogP contribution in [0.25, 0.3) is 5.69 Å². The van der Waals surface area contributed by atoms with Crippen LogP contribution in [0.15, 0.2) is 47.3 Å². The van der Waals surface area contributed by atoms with Crippen molar-refractivity contribution in [1.29, 1.82) is 0 Å². The molecule has 1 fully saturated rings. The summed E-state index contributed by atoms with van der Waals surface area (Å²) in [4.78, 5) is 12.6. The van der Waals surface area contributed by atoms with E-state index in [0.29, 0.717) is 5.69 Å². The molecule has 0 radical (unpaired) electrons. The van der Waals surface area contributed by atoms with Gasteiger partial charge in [0.2, 0.25) is 0 Å². The van der Waals surface area contributed by atoms with Crippen molar-refractivity contribution in [2.24, 2.45) is 0 Å². The average Bonchev–Trinajstić information content (AvgIpc) is 3.32. The Labute approximate surface area is 145 Å². The Morgan fingerprint density at radius 3 is 2.35 bits per heavy atom. The molecule has 0 saturated carbocycles. The number of halogens is 3. The van der Waals surface area contributed by atoms with E-state index in [4.69, 9.17) is 4.74 Å². The minimum Gasteiger partial charge on any atom is -0.362 e. The third kappa shape index (κ3) is 2.51. The van der Waals surface area contributed by atoms with Crippen LogP contribution in [0.3, 0.4) is 0 Å². The summed E-state index contributed by atoms with van der Waals surface area (Å²) in [7, 11) is 0. The van der Waals surface area contributed by atoms with Gasteiger partial charge in [0.15, 0.2) is 0 Å². The molecule has 26 heavy (non-hydrogen) atoms. The second-order valence-electron chi connectivity index (χ2n) is 6.07. The van der Waals surface area contributed by atoms with Gasteiger partial charge in [-0.2, -0.15) is 9.36 Å². The highest BCUT2D eigenvalue weighted by Gasteiger charge is 2.54. The highest BCUT2D eigenvalue weighted by Crippen LogP contribution is 2.48.